The molecule has 0 saturated carbocycles. The smallest absolute Gasteiger partial charge is 0.339 e. The van der Waals surface area contributed by atoms with Gasteiger partial charge in [0, 0.05) is 17.4 Å². The molecule has 1 heterocycles. The lowest BCUT2D eigenvalue weighted by atomic mass is 10.2. The van der Waals surface area contributed by atoms with E-state index in [0.717, 1.165) is 0 Å². The van der Waals surface area contributed by atoms with Gasteiger partial charge < -0.3 is 10.4 Å². The number of hydrogen-bond donors (Lipinski definition) is 2. The van der Waals surface area contributed by atoms with Gasteiger partial charge in [0.15, 0.2) is 0 Å². The van der Waals surface area contributed by atoms with Crippen LogP contribution in [0.4, 0.5) is 11.4 Å². The SMILES string of the molecule is O=C(O)c1cnccc1Nc1cc(Cl)ccc1Cl. The Morgan fingerprint density at radius 1 is 1.22 bits per heavy atom. The summed E-state index contributed by atoms with van der Waals surface area (Å²) in [6, 6.07) is 6.46. The molecule has 2 rings (SSSR count). The summed E-state index contributed by atoms with van der Waals surface area (Å²) in [4.78, 5) is 14.8. The number of hydrogen-bond acceptors (Lipinski definition) is 3. The lowest BCUT2D eigenvalue weighted by molar-refractivity contribution is 0.0697. The predicted octanol–water partition coefficient (Wildman–Crippen LogP) is 3.83. The molecular weight excluding hydrogens is 275 g/mol. The minimum absolute atomic E-state index is 0.0635. The molecule has 0 fully saturated rings. The van der Waals surface area contributed by atoms with Gasteiger partial charge >= 0.3 is 5.97 Å². The van der Waals surface area contributed by atoms with Crippen molar-refractivity contribution in [1.29, 1.82) is 0 Å². The quantitative estimate of drug-likeness (QED) is 0.898. The standard InChI is InChI=1S/C12H8Cl2N2O2/c13-7-1-2-9(14)11(5-7)16-10-3-4-15-6-8(10)12(17)18/h1-6H,(H,15,16)(H,17,18). The van der Waals surface area contributed by atoms with Gasteiger partial charge in [-0.25, -0.2) is 4.79 Å². The number of aromatic carboxylic acids is 1. The average molecular weight is 283 g/mol. The normalized spacial score (nSPS) is 10.1. The van der Waals surface area contributed by atoms with Gasteiger partial charge in [0.1, 0.15) is 5.56 Å². The number of carbonyl (C=O) groups is 1. The van der Waals surface area contributed by atoms with E-state index in [0.29, 0.717) is 21.4 Å². The summed E-state index contributed by atoms with van der Waals surface area (Å²) >= 11 is 11.9. The van der Waals surface area contributed by atoms with Gasteiger partial charge in [-0.2, -0.15) is 0 Å². The predicted molar refractivity (Wildman–Crippen MR) is 70.9 cm³/mol. The van der Waals surface area contributed by atoms with Crippen LogP contribution in [0, 0.1) is 0 Å². The molecule has 0 atom stereocenters. The molecular formula is C12H8Cl2N2O2. The Labute approximate surface area is 113 Å². The molecule has 92 valence electrons. The van der Waals surface area contributed by atoms with Gasteiger partial charge in [-0.1, -0.05) is 23.2 Å². The maximum absolute atomic E-state index is 11.0. The highest BCUT2D eigenvalue weighted by Crippen LogP contribution is 2.29. The zero-order valence-electron chi connectivity index (χ0n) is 9.02. The first-order valence-corrected chi connectivity index (χ1v) is 5.73. The van der Waals surface area contributed by atoms with E-state index < -0.39 is 5.97 Å². The summed E-state index contributed by atoms with van der Waals surface area (Å²) < 4.78 is 0. The molecule has 2 aromatic rings. The zero-order chi connectivity index (χ0) is 13.1. The first-order valence-electron chi connectivity index (χ1n) is 4.97. The third kappa shape index (κ3) is 2.72. The van der Waals surface area contributed by atoms with Crippen molar-refractivity contribution in [3.05, 3.63) is 52.3 Å². The number of aromatic nitrogens is 1. The molecule has 0 unspecified atom stereocenters. The van der Waals surface area contributed by atoms with Crippen molar-refractivity contribution in [2.24, 2.45) is 0 Å². The molecule has 1 aromatic carbocycles. The van der Waals surface area contributed by atoms with Crippen LogP contribution in [-0.4, -0.2) is 16.1 Å². The molecule has 0 aliphatic heterocycles. The first kappa shape index (κ1) is 12.7. The number of halogens is 2. The van der Waals surface area contributed by atoms with E-state index >= 15 is 0 Å². The molecule has 1 aromatic heterocycles. The Balaban J connectivity index is 2.40. The second-order valence-corrected chi connectivity index (χ2v) is 4.32. The summed E-state index contributed by atoms with van der Waals surface area (Å²) in [6.07, 6.45) is 2.76. The van der Waals surface area contributed by atoms with Crippen LogP contribution in [0.25, 0.3) is 0 Å². The van der Waals surface area contributed by atoms with Crippen LogP contribution in [0.2, 0.25) is 10.0 Å². The van der Waals surface area contributed by atoms with Crippen LogP contribution in [0.5, 0.6) is 0 Å². The molecule has 0 aliphatic rings. The highest BCUT2D eigenvalue weighted by Gasteiger charge is 2.11. The highest BCUT2D eigenvalue weighted by atomic mass is 35.5. The van der Waals surface area contributed by atoms with Gasteiger partial charge in [-0.05, 0) is 24.3 Å². The van der Waals surface area contributed by atoms with Crippen LogP contribution in [0.3, 0.4) is 0 Å². The van der Waals surface area contributed by atoms with Crippen molar-refractivity contribution in [3.63, 3.8) is 0 Å². The monoisotopic (exact) mass is 282 g/mol. The van der Waals surface area contributed by atoms with Crippen molar-refractivity contribution >= 4 is 40.5 Å². The van der Waals surface area contributed by atoms with Crippen LogP contribution in [-0.2, 0) is 0 Å². The van der Waals surface area contributed by atoms with Crippen LogP contribution in [0.15, 0.2) is 36.7 Å². The maximum Gasteiger partial charge on any atom is 0.339 e. The molecule has 0 radical (unpaired) electrons. The maximum atomic E-state index is 11.0. The molecule has 0 amide bonds. The summed E-state index contributed by atoms with van der Waals surface area (Å²) in [5, 5.41) is 12.9. The Kier molecular flexibility index (Phi) is 3.69. The second kappa shape index (κ2) is 5.25. The van der Waals surface area contributed by atoms with Crippen LogP contribution >= 0.6 is 23.2 Å². The van der Waals surface area contributed by atoms with Crippen LogP contribution < -0.4 is 5.32 Å². The van der Waals surface area contributed by atoms with Gasteiger partial charge in [0.2, 0.25) is 0 Å². The minimum atomic E-state index is -1.07. The van der Waals surface area contributed by atoms with Gasteiger partial charge in [-0.3, -0.25) is 4.98 Å². The van der Waals surface area contributed by atoms with E-state index in [1.165, 1.54) is 12.4 Å². The lowest BCUT2D eigenvalue weighted by Crippen LogP contribution is -2.03. The summed E-state index contributed by atoms with van der Waals surface area (Å²) in [5.41, 5.74) is 1.01. The van der Waals surface area contributed by atoms with E-state index in [2.05, 4.69) is 10.3 Å². The number of carboxylic acid groups (broad SMARTS) is 1. The first-order chi connectivity index (χ1) is 8.58. The number of pyridine rings is 1. The fraction of sp³-hybridized carbons (Fsp3) is 0. The van der Waals surface area contributed by atoms with E-state index in [4.69, 9.17) is 28.3 Å². The highest BCUT2D eigenvalue weighted by molar-refractivity contribution is 6.35. The third-order valence-electron chi connectivity index (χ3n) is 2.25. The largest absolute Gasteiger partial charge is 0.478 e. The summed E-state index contributed by atoms with van der Waals surface area (Å²) in [5.74, 6) is -1.07. The van der Waals surface area contributed by atoms with E-state index in [9.17, 15) is 4.79 Å². The van der Waals surface area contributed by atoms with E-state index in [1.807, 2.05) is 0 Å². The fourth-order valence-corrected chi connectivity index (χ4v) is 1.75. The molecule has 0 saturated heterocycles. The fourth-order valence-electron chi connectivity index (χ4n) is 1.41. The summed E-state index contributed by atoms with van der Waals surface area (Å²) in [7, 11) is 0. The molecule has 18 heavy (non-hydrogen) atoms. The number of carboxylic acids is 1. The number of anilines is 2. The Hall–Kier alpha value is -1.78. The third-order valence-corrected chi connectivity index (χ3v) is 2.81. The van der Waals surface area contributed by atoms with Crippen molar-refractivity contribution in [2.45, 2.75) is 0 Å². The molecule has 6 heteroatoms. The molecule has 0 bridgehead atoms. The second-order valence-electron chi connectivity index (χ2n) is 3.48. The molecule has 4 nitrogen and oxygen atoms in total. The van der Waals surface area contributed by atoms with Gasteiger partial charge in [0.25, 0.3) is 0 Å². The Morgan fingerprint density at radius 3 is 2.72 bits per heavy atom. The van der Waals surface area contributed by atoms with Crippen molar-refractivity contribution in [2.75, 3.05) is 5.32 Å². The minimum Gasteiger partial charge on any atom is -0.478 e. The number of nitrogens with one attached hydrogen (secondary N) is 1. The lowest BCUT2D eigenvalue weighted by Gasteiger charge is -2.10. The Bertz CT molecular complexity index is 602. The van der Waals surface area contributed by atoms with Crippen molar-refractivity contribution < 1.29 is 9.90 Å². The molecule has 0 aliphatic carbocycles. The molecule has 2 N–H and O–H groups in total. The van der Waals surface area contributed by atoms with E-state index in [1.54, 1.807) is 24.3 Å². The zero-order valence-corrected chi connectivity index (χ0v) is 10.5. The Morgan fingerprint density at radius 2 is 2.00 bits per heavy atom. The van der Waals surface area contributed by atoms with Crippen LogP contribution in [0.1, 0.15) is 10.4 Å². The average Bonchev–Trinajstić information content (AvgIpc) is 2.34. The molecule has 0 spiro atoms. The van der Waals surface area contributed by atoms with E-state index in [-0.39, 0.29) is 5.56 Å². The van der Waals surface area contributed by atoms with Gasteiger partial charge in [0.05, 0.1) is 16.4 Å². The number of rotatable bonds is 3. The number of benzene rings is 1. The topological polar surface area (TPSA) is 62.2 Å². The van der Waals surface area contributed by atoms with Crippen molar-refractivity contribution in [1.82, 2.24) is 4.98 Å². The number of nitrogens with zero attached hydrogens (tertiary/aromatic N) is 1. The summed E-state index contributed by atoms with van der Waals surface area (Å²) in [6.45, 7) is 0. The van der Waals surface area contributed by atoms with Gasteiger partial charge in [-0.15, -0.1) is 0 Å². The van der Waals surface area contributed by atoms with Crippen molar-refractivity contribution in [3.8, 4) is 0 Å².